The topological polar surface area (TPSA) is 69.6 Å². The number of fused-ring (bicyclic) bond motifs is 5. The molecule has 4 heteroatoms. The summed E-state index contributed by atoms with van der Waals surface area (Å²) in [5.74, 6) is 0.0904. The van der Waals surface area contributed by atoms with Crippen molar-refractivity contribution in [1.82, 2.24) is 5.32 Å². The summed E-state index contributed by atoms with van der Waals surface area (Å²) in [4.78, 5) is 12.0. The van der Waals surface area contributed by atoms with E-state index in [2.05, 4.69) is 5.32 Å². The molecule has 0 saturated heterocycles. The minimum absolute atomic E-state index is 0.0585. The lowest BCUT2D eigenvalue weighted by Crippen LogP contribution is -2.25. The number of phenols is 1. The smallest absolute Gasteiger partial charge is 0.251 e. The Kier molecular flexibility index (Phi) is 2.55. The number of hydrogen-bond acceptors (Lipinski definition) is 3. The quantitative estimate of drug-likeness (QED) is 0.741. The standard InChI is InChI=1S/C14H17NO3/c1-2-15-14(18)11-6-7(16)5-10-8-3-4-9(12(10)11)13(8)17/h5-6,8-9,13,16-17H,2-4H2,1H3,(H,15,18). The number of carbonyl (C=O) groups excluding carboxylic acids is 1. The molecule has 4 nitrogen and oxygen atoms in total. The van der Waals surface area contributed by atoms with Crippen LogP contribution in [-0.2, 0) is 0 Å². The Labute approximate surface area is 106 Å². The maximum Gasteiger partial charge on any atom is 0.251 e. The first-order valence-electron chi connectivity index (χ1n) is 6.46. The zero-order chi connectivity index (χ0) is 12.9. The first-order valence-corrected chi connectivity index (χ1v) is 6.46. The van der Waals surface area contributed by atoms with Gasteiger partial charge in [-0.15, -0.1) is 0 Å². The van der Waals surface area contributed by atoms with E-state index in [0.29, 0.717) is 12.1 Å². The van der Waals surface area contributed by atoms with E-state index in [9.17, 15) is 15.0 Å². The minimum Gasteiger partial charge on any atom is -0.508 e. The van der Waals surface area contributed by atoms with Gasteiger partial charge in [0.05, 0.1) is 6.10 Å². The number of hydrogen-bond donors (Lipinski definition) is 3. The molecule has 18 heavy (non-hydrogen) atoms. The second-order valence-corrected chi connectivity index (χ2v) is 5.14. The fourth-order valence-corrected chi connectivity index (χ4v) is 3.46. The van der Waals surface area contributed by atoms with E-state index >= 15 is 0 Å². The summed E-state index contributed by atoms with van der Waals surface area (Å²) in [6.45, 7) is 2.42. The van der Waals surface area contributed by atoms with Crippen LogP contribution in [0.4, 0.5) is 0 Å². The number of benzene rings is 1. The molecular formula is C14H17NO3. The molecule has 2 bridgehead atoms. The van der Waals surface area contributed by atoms with Gasteiger partial charge in [-0.25, -0.2) is 0 Å². The second kappa shape index (κ2) is 3.99. The van der Waals surface area contributed by atoms with Gasteiger partial charge in [-0.05, 0) is 43.0 Å². The van der Waals surface area contributed by atoms with Gasteiger partial charge in [-0.3, -0.25) is 4.79 Å². The summed E-state index contributed by atoms with van der Waals surface area (Å²) in [5, 5.41) is 22.7. The van der Waals surface area contributed by atoms with Crippen LogP contribution in [0.25, 0.3) is 0 Å². The third-order valence-electron chi connectivity index (χ3n) is 4.16. The first-order chi connectivity index (χ1) is 8.63. The highest BCUT2D eigenvalue weighted by molar-refractivity contribution is 5.97. The van der Waals surface area contributed by atoms with Gasteiger partial charge in [0.15, 0.2) is 0 Å². The van der Waals surface area contributed by atoms with Crippen LogP contribution >= 0.6 is 0 Å². The Morgan fingerprint density at radius 2 is 2.11 bits per heavy atom. The van der Waals surface area contributed by atoms with Crippen molar-refractivity contribution in [2.45, 2.75) is 37.7 Å². The van der Waals surface area contributed by atoms with Gasteiger partial charge < -0.3 is 15.5 Å². The second-order valence-electron chi connectivity index (χ2n) is 5.14. The summed E-state index contributed by atoms with van der Waals surface area (Å²) in [6.07, 6.45) is 1.47. The van der Waals surface area contributed by atoms with Gasteiger partial charge >= 0.3 is 0 Å². The van der Waals surface area contributed by atoms with Crippen LogP contribution in [-0.4, -0.2) is 28.8 Å². The molecular weight excluding hydrogens is 230 g/mol. The maximum absolute atomic E-state index is 12.0. The highest BCUT2D eigenvalue weighted by Crippen LogP contribution is 2.54. The third-order valence-corrected chi connectivity index (χ3v) is 4.16. The van der Waals surface area contributed by atoms with E-state index in [1.807, 2.05) is 6.92 Å². The van der Waals surface area contributed by atoms with Crippen LogP contribution in [0.15, 0.2) is 12.1 Å². The van der Waals surface area contributed by atoms with Crippen LogP contribution in [0.2, 0.25) is 0 Å². The molecule has 1 aromatic rings. The van der Waals surface area contributed by atoms with Gasteiger partial charge in [-0.2, -0.15) is 0 Å². The van der Waals surface area contributed by atoms with Crippen molar-refractivity contribution in [1.29, 1.82) is 0 Å². The highest BCUT2D eigenvalue weighted by atomic mass is 16.3. The van der Waals surface area contributed by atoms with Crippen molar-refractivity contribution in [3.8, 4) is 5.75 Å². The van der Waals surface area contributed by atoms with E-state index in [1.54, 1.807) is 6.07 Å². The zero-order valence-corrected chi connectivity index (χ0v) is 10.3. The zero-order valence-electron chi connectivity index (χ0n) is 10.3. The number of nitrogens with one attached hydrogen (secondary N) is 1. The van der Waals surface area contributed by atoms with E-state index in [4.69, 9.17) is 0 Å². The predicted molar refractivity (Wildman–Crippen MR) is 66.8 cm³/mol. The molecule has 0 heterocycles. The summed E-state index contributed by atoms with van der Waals surface area (Å²) >= 11 is 0. The molecule has 3 atom stereocenters. The van der Waals surface area contributed by atoms with Crippen LogP contribution in [0.3, 0.4) is 0 Å². The number of phenolic OH excluding ortho intramolecular Hbond substituents is 1. The maximum atomic E-state index is 12.0. The molecule has 0 radical (unpaired) electrons. The molecule has 2 aliphatic rings. The van der Waals surface area contributed by atoms with E-state index in [-0.39, 0.29) is 23.5 Å². The Balaban J connectivity index is 2.12. The molecule has 96 valence electrons. The highest BCUT2D eigenvalue weighted by Gasteiger charge is 2.47. The third kappa shape index (κ3) is 1.45. The summed E-state index contributed by atoms with van der Waals surface area (Å²) in [6, 6.07) is 3.21. The van der Waals surface area contributed by atoms with Crippen molar-refractivity contribution in [3.63, 3.8) is 0 Å². The Bertz CT molecular complexity index is 512. The molecule has 3 unspecified atom stereocenters. The van der Waals surface area contributed by atoms with Crippen molar-refractivity contribution in [3.05, 3.63) is 28.8 Å². The van der Waals surface area contributed by atoms with Crippen molar-refractivity contribution in [2.24, 2.45) is 0 Å². The lowest BCUT2D eigenvalue weighted by atomic mass is 9.87. The molecule has 0 aliphatic heterocycles. The normalized spacial score (nSPS) is 28.2. The van der Waals surface area contributed by atoms with Crippen LogP contribution in [0, 0.1) is 0 Å². The monoisotopic (exact) mass is 247 g/mol. The number of rotatable bonds is 2. The van der Waals surface area contributed by atoms with E-state index < -0.39 is 6.10 Å². The summed E-state index contributed by atoms with van der Waals surface area (Å²) in [7, 11) is 0. The molecule has 2 aliphatic carbocycles. The van der Waals surface area contributed by atoms with Gasteiger partial charge in [0, 0.05) is 23.9 Å². The van der Waals surface area contributed by atoms with Crippen molar-refractivity contribution < 1.29 is 15.0 Å². The minimum atomic E-state index is -0.394. The number of amides is 1. The average molecular weight is 247 g/mol. The fraction of sp³-hybridized carbons (Fsp3) is 0.500. The molecule has 1 saturated carbocycles. The number of aromatic hydroxyl groups is 1. The van der Waals surface area contributed by atoms with Crippen LogP contribution in [0.1, 0.15) is 53.1 Å². The molecule has 3 N–H and O–H groups in total. The number of aliphatic hydroxyl groups is 1. The van der Waals surface area contributed by atoms with E-state index in [1.165, 1.54) is 6.07 Å². The molecule has 1 aromatic carbocycles. The van der Waals surface area contributed by atoms with Gasteiger partial charge in [0.25, 0.3) is 5.91 Å². The number of aliphatic hydroxyl groups excluding tert-OH is 1. The van der Waals surface area contributed by atoms with Crippen molar-refractivity contribution in [2.75, 3.05) is 6.54 Å². The SMILES string of the molecule is CCNC(=O)c1cc(O)cc2c1C1CCC2C1O. The lowest BCUT2D eigenvalue weighted by Gasteiger charge is -2.18. The largest absolute Gasteiger partial charge is 0.508 e. The van der Waals surface area contributed by atoms with E-state index in [0.717, 1.165) is 24.0 Å². The van der Waals surface area contributed by atoms with Gasteiger partial charge in [0.2, 0.25) is 0 Å². The fourth-order valence-electron chi connectivity index (χ4n) is 3.46. The molecule has 0 aromatic heterocycles. The Morgan fingerprint density at radius 1 is 1.39 bits per heavy atom. The first kappa shape index (κ1) is 11.5. The van der Waals surface area contributed by atoms with Crippen molar-refractivity contribution >= 4 is 5.91 Å². The molecule has 1 fully saturated rings. The average Bonchev–Trinajstić information content (AvgIpc) is 2.82. The molecule has 0 spiro atoms. The van der Waals surface area contributed by atoms with Crippen LogP contribution in [0.5, 0.6) is 5.75 Å². The molecule has 3 rings (SSSR count). The summed E-state index contributed by atoms with van der Waals surface area (Å²) < 4.78 is 0. The Morgan fingerprint density at radius 3 is 2.83 bits per heavy atom. The van der Waals surface area contributed by atoms with Gasteiger partial charge in [0.1, 0.15) is 5.75 Å². The summed E-state index contributed by atoms with van der Waals surface area (Å²) in [5.41, 5.74) is 2.43. The van der Waals surface area contributed by atoms with Gasteiger partial charge in [-0.1, -0.05) is 0 Å². The predicted octanol–water partition coefficient (Wildman–Crippen LogP) is 1.48. The Hall–Kier alpha value is -1.55. The lowest BCUT2D eigenvalue weighted by molar-refractivity contribution is 0.0953. The van der Waals surface area contributed by atoms with Crippen LogP contribution < -0.4 is 5.32 Å². The number of carbonyl (C=O) groups is 1. The molecule has 1 amide bonds.